The van der Waals surface area contributed by atoms with Gasteiger partial charge in [-0.05, 0) is 39.5 Å². The lowest BCUT2D eigenvalue weighted by Crippen LogP contribution is -2.49. The molecule has 0 bridgehead atoms. The second kappa shape index (κ2) is 42.6. The van der Waals surface area contributed by atoms with E-state index in [0.29, 0.717) is 0 Å². The molecule has 0 saturated heterocycles. The third-order valence-corrected chi connectivity index (χ3v) is 11.9. The van der Waals surface area contributed by atoms with Gasteiger partial charge in [-0.15, -0.1) is 0 Å². The van der Waals surface area contributed by atoms with E-state index in [9.17, 15) is 13.0 Å². The average Bonchev–Trinajstić information content (AvgIpc) is 3.13. The number of quaternary nitrogens is 1. The normalized spacial score (nSPS) is 12.0. The topological polar surface area (TPSA) is 66.4 Å². The highest BCUT2D eigenvalue weighted by Crippen LogP contribution is 2.18. The maximum absolute atomic E-state index is 9.22. The Morgan fingerprint density at radius 1 is 0.353 bits per heavy atom. The van der Waals surface area contributed by atoms with Gasteiger partial charge in [0.2, 0.25) is 10.4 Å². The van der Waals surface area contributed by atoms with Gasteiger partial charge in [0.25, 0.3) is 0 Å². The highest BCUT2D eigenvalue weighted by atomic mass is 32.3. The highest BCUT2D eigenvalue weighted by molar-refractivity contribution is 7.80. The summed E-state index contributed by atoms with van der Waals surface area (Å²) in [6, 6.07) is 0. The van der Waals surface area contributed by atoms with E-state index in [-0.39, 0.29) is 0 Å². The summed E-state index contributed by atoms with van der Waals surface area (Å²) < 4.78 is 32.4. The molecule has 0 aliphatic rings. The molecule has 51 heavy (non-hydrogen) atoms. The molecular formula is C45H95NO4S. The van der Waals surface area contributed by atoms with Gasteiger partial charge in [-0.2, -0.15) is 0 Å². The molecule has 0 aromatic heterocycles. The van der Waals surface area contributed by atoms with Crippen molar-refractivity contribution in [2.75, 3.05) is 33.3 Å². The molecule has 0 unspecified atom stereocenters. The first-order valence-electron chi connectivity index (χ1n) is 23.2. The molecule has 0 radical (unpaired) electrons. The second-order valence-electron chi connectivity index (χ2n) is 16.0. The molecule has 6 heteroatoms. The Morgan fingerprint density at radius 2 is 0.510 bits per heavy atom. The summed E-state index contributed by atoms with van der Waals surface area (Å²) in [7, 11) is -3.60. The van der Waals surface area contributed by atoms with E-state index in [0.717, 1.165) is 7.11 Å². The first-order chi connectivity index (χ1) is 24.8. The SMILES string of the molecule is CCCCCCCCCCCCCCCCCCCC[N+](CC)(CC)CCCCCCCCCCCCCCCCCCCC.COS(=O)(=O)[O-]. The first-order valence-corrected chi connectivity index (χ1v) is 24.5. The van der Waals surface area contributed by atoms with E-state index in [1.165, 1.54) is 262 Å². The predicted molar refractivity (Wildman–Crippen MR) is 225 cm³/mol. The summed E-state index contributed by atoms with van der Waals surface area (Å²) in [5, 5.41) is 0. The fourth-order valence-corrected chi connectivity index (χ4v) is 7.67. The van der Waals surface area contributed by atoms with Gasteiger partial charge in [0.15, 0.2) is 0 Å². The van der Waals surface area contributed by atoms with Crippen molar-refractivity contribution in [2.45, 2.75) is 259 Å². The fourth-order valence-electron chi connectivity index (χ4n) is 7.67. The minimum atomic E-state index is -4.41. The maximum atomic E-state index is 9.22. The third-order valence-electron chi connectivity index (χ3n) is 11.5. The van der Waals surface area contributed by atoms with Crippen molar-refractivity contribution < 1.29 is 21.6 Å². The van der Waals surface area contributed by atoms with Crippen LogP contribution in [0.25, 0.3) is 0 Å². The zero-order valence-corrected chi connectivity index (χ0v) is 36.6. The van der Waals surface area contributed by atoms with Crippen LogP contribution in [-0.4, -0.2) is 50.7 Å². The van der Waals surface area contributed by atoms with Crippen molar-refractivity contribution in [3.63, 3.8) is 0 Å². The van der Waals surface area contributed by atoms with Crippen molar-refractivity contribution in [1.82, 2.24) is 0 Å². The second-order valence-corrected chi connectivity index (χ2v) is 17.2. The highest BCUT2D eigenvalue weighted by Gasteiger charge is 2.21. The quantitative estimate of drug-likeness (QED) is 0.0270. The summed E-state index contributed by atoms with van der Waals surface area (Å²) in [6.07, 6.45) is 53.0. The van der Waals surface area contributed by atoms with Gasteiger partial charge in [-0.3, -0.25) is 4.18 Å². The van der Waals surface area contributed by atoms with Crippen LogP contribution in [0.1, 0.15) is 259 Å². The Kier molecular flexibility index (Phi) is 44.2. The lowest BCUT2D eigenvalue weighted by molar-refractivity contribution is -0.925. The van der Waals surface area contributed by atoms with Gasteiger partial charge in [0, 0.05) is 0 Å². The van der Waals surface area contributed by atoms with Crippen molar-refractivity contribution in [2.24, 2.45) is 0 Å². The van der Waals surface area contributed by atoms with Crippen LogP contribution in [0.3, 0.4) is 0 Å². The molecule has 0 aliphatic carbocycles. The van der Waals surface area contributed by atoms with Crippen LogP contribution in [0.2, 0.25) is 0 Å². The van der Waals surface area contributed by atoms with Crippen LogP contribution in [0.5, 0.6) is 0 Å². The molecule has 310 valence electrons. The number of unbranched alkanes of at least 4 members (excludes halogenated alkanes) is 34. The average molecular weight is 746 g/mol. The van der Waals surface area contributed by atoms with Gasteiger partial charge >= 0.3 is 0 Å². The fraction of sp³-hybridized carbons (Fsp3) is 1.00. The third kappa shape index (κ3) is 44.1. The minimum Gasteiger partial charge on any atom is -0.726 e. The standard InChI is InChI=1S/C44H92N.CH4O4S/c1-5-9-11-13-15-17-19-21-23-25-27-29-31-33-35-37-39-41-43-45(7-3,8-4)44-42-40-38-36-34-32-30-28-26-24-22-20-18-16-14-12-10-6-2;1-5-6(2,3)4/h5-44H2,1-4H3;1H3,(H,2,3,4)/q+1;/p-1. The molecule has 0 atom stereocenters. The smallest absolute Gasteiger partial charge is 0.217 e. The minimum absolute atomic E-state index is 0.808. The summed E-state index contributed by atoms with van der Waals surface area (Å²) in [4.78, 5) is 0. The summed E-state index contributed by atoms with van der Waals surface area (Å²) in [5.41, 5.74) is 0. The largest absolute Gasteiger partial charge is 0.726 e. The Hall–Kier alpha value is -0.170. The lowest BCUT2D eigenvalue weighted by atomic mass is 10.0. The zero-order valence-electron chi connectivity index (χ0n) is 35.8. The molecule has 0 aromatic carbocycles. The van der Waals surface area contributed by atoms with Crippen LogP contribution in [0.4, 0.5) is 0 Å². The summed E-state index contributed by atoms with van der Waals surface area (Å²) >= 11 is 0. The van der Waals surface area contributed by atoms with Crippen LogP contribution in [0, 0.1) is 0 Å². The molecular weight excluding hydrogens is 651 g/mol. The Balaban J connectivity index is 0. The summed E-state index contributed by atoms with van der Waals surface area (Å²) in [6.45, 7) is 15.1. The van der Waals surface area contributed by atoms with Crippen molar-refractivity contribution in [1.29, 1.82) is 0 Å². The van der Waals surface area contributed by atoms with Crippen molar-refractivity contribution in [3.05, 3.63) is 0 Å². The maximum Gasteiger partial charge on any atom is 0.217 e. The predicted octanol–water partition coefficient (Wildman–Crippen LogP) is 15.0. The van der Waals surface area contributed by atoms with Crippen LogP contribution in [0.15, 0.2) is 0 Å². The zero-order chi connectivity index (χ0) is 38.0. The van der Waals surface area contributed by atoms with E-state index in [1.54, 1.807) is 0 Å². The Bertz CT molecular complexity index is 698. The molecule has 0 rings (SSSR count). The van der Waals surface area contributed by atoms with E-state index in [4.69, 9.17) is 0 Å². The van der Waals surface area contributed by atoms with Gasteiger partial charge in [-0.25, -0.2) is 8.42 Å². The monoisotopic (exact) mass is 746 g/mol. The van der Waals surface area contributed by atoms with Gasteiger partial charge in [0.05, 0.1) is 33.3 Å². The summed E-state index contributed by atoms with van der Waals surface area (Å²) in [5.74, 6) is 0. The lowest BCUT2D eigenvalue weighted by Gasteiger charge is -2.37. The Morgan fingerprint density at radius 3 is 0.647 bits per heavy atom. The molecule has 0 amide bonds. The van der Waals surface area contributed by atoms with Crippen LogP contribution in [-0.2, 0) is 14.6 Å². The van der Waals surface area contributed by atoms with Crippen molar-refractivity contribution in [3.8, 4) is 0 Å². The van der Waals surface area contributed by atoms with Gasteiger partial charge in [0.1, 0.15) is 0 Å². The van der Waals surface area contributed by atoms with Gasteiger partial charge in [-0.1, -0.05) is 219 Å². The molecule has 0 saturated carbocycles. The van der Waals surface area contributed by atoms with E-state index < -0.39 is 10.4 Å². The van der Waals surface area contributed by atoms with Gasteiger partial charge < -0.3 is 9.04 Å². The van der Waals surface area contributed by atoms with Crippen LogP contribution >= 0.6 is 0 Å². The Labute approximate surface area is 323 Å². The molecule has 0 aliphatic heterocycles. The van der Waals surface area contributed by atoms with E-state index in [1.807, 2.05) is 0 Å². The number of hydrogen-bond donors (Lipinski definition) is 0. The number of hydrogen-bond acceptors (Lipinski definition) is 4. The van der Waals surface area contributed by atoms with E-state index >= 15 is 0 Å². The number of rotatable bonds is 41. The molecule has 0 aromatic rings. The van der Waals surface area contributed by atoms with Crippen molar-refractivity contribution >= 4 is 10.4 Å². The molecule has 0 spiro atoms. The van der Waals surface area contributed by atoms with E-state index in [2.05, 4.69) is 31.9 Å². The number of nitrogens with zero attached hydrogens (tertiary/aromatic N) is 1. The molecule has 5 nitrogen and oxygen atoms in total. The molecule has 0 fully saturated rings. The first kappa shape index (κ1) is 52.9. The van der Waals surface area contributed by atoms with Crippen LogP contribution < -0.4 is 0 Å². The molecule has 0 heterocycles. The molecule has 0 N–H and O–H groups in total.